The molecule has 2 aromatic rings. The maximum absolute atomic E-state index is 5.19. The zero-order chi connectivity index (χ0) is 11.7. The maximum Gasteiger partial charge on any atom is 0.0981 e. The molecular formula is C15H17NO. The van der Waals surface area contributed by atoms with Crippen molar-refractivity contribution < 1.29 is 4.42 Å². The minimum atomic E-state index is 0.529. The molecule has 1 N–H and O–H groups in total. The Morgan fingerprint density at radius 1 is 1.35 bits per heavy atom. The number of fused-ring (bicyclic) bond motifs is 1. The first-order valence-electron chi connectivity index (χ1n) is 6.28. The van der Waals surface area contributed by atoms with E-state index in [4.69, 9.17) is 4.42 Å². The summed E-state index contributed by atoms with van der Waals surface area (Å²) in [5.74, 6) is 0. The molecule has 0 amide bonds. The van der Waals surface area contributed by atoms with Crippen molar-refractivity contribution in [1.29, 1.82) is 0 Å². The van der Waals surface area contributed by atoms with Crippen LogP contribution in [0.2, 0.25) is 0 Å². The van der Waals surface area contributed by atoms with Crippen LogP contribution >= 0.6 is 0 Å². The molecule has 1 aliphatic carbocycles. The van der Waals surface area contributed by atoms with Gasteiger partial charge in [-0.05, 0) is 42.1 Å². The van der Waals surface area contributed by atoms with Gasteiger partial charge in [-0.2, -0.15) is 0 Å². The summed E-state index contributed by atoms with van der Waals surface area (Å²) in [5.41, 5.74) is 5.47. The van der Waals surface area contributed by atoms with E-state index in [1.165, 1.54) is 28.7 Å². The Labute approximate surface area is 102 Å². The molecule has 1 aromatic carbocycles. The van der Waals surface area contributed by atoms with E-state index in [1.807, 2.05) is 12.3 Å². The van der Waals surface area contributed by atoms with Gasteiger partial charge in [-0.15, -0.1) is 0 Å². The molecule has 1 aliphatic rings. The van der Waals surface area contributed by atoms with Crippen molar-refractivity contribution in [3.63, 3.8) is 0 Å². The lowest BCUT2D eigenvalue weighted by molar-refractivity contribution is 0.549. The fourth-order valence-corrected chi connectivity index (χ4v) is 2.80. The number of nitrogens with one attached hydrogen (secondary N) is 1. The molecule has 88 valence electrons. The molecule has 0 saturated carbocycles. The largest absolute Gasteiger partial charge is 0.472 e. The quantitative estimate of drug-likeness (QED) is 0.867. The number of hydrogen-bond acceptors (Lipinski definition) is 2. The minimum Gasteiger partial charge on any atom is -0.472 e. The summed E-state index contributed by atoms with van der Waals surface area (Å²) in [6.45, 7) is 3.19. The van der Waals surface area contributed by atoms with Crippen LogP contribution in [0.15, 0.2) is 41.2 Å². The molecule has 0 bridgehead atoms. The molecule has 1 unspecified atom stereocenters. The smallest absolute Gasteiger partial charge is 0.0981 e. The molecule has 1 heterocycles. The SMILES string of the molecule is CCNC1CCc2c(-c3ccoc3)cccc21. The van der Waals surface area contributed by atoms with E-state index in [0.717, 1.165) is 13.0 Å². The van der Waals surface area contributed by atoms with E-state index in [2.05, 4.69) is 30.4 Å². The monoisotopic (exact) mass is 227 g/mol. The summed E-state index contributed by atoms with van der Waals surface area (Å²) >= 11 is 0. The standard InChI is InChI=1S/C15H17NO/c1-2-16-15-7-6-13-12(4-3-5-14(13)15)11-8-9-17-10-11/h3-5,8-10,15-16H,2,6-7H2,1H3. The van der Waals surface area contributed by atoms with Gasteiger partial charge >= 0.3 is 0 Å². The number of rotatable bonds is 3. The van der Waals surface area contributed by atoms with Gasteiger partial charge in [-0.1, -0.05) is 25.1 Å². The van der Waals surface area contributed by atoms with E-state index >= 15 is 0 Å². The van der Waals surface area contributed by atoms with Gasteiger partial charge in [0, 0.05) is 11.6 Å². The molecular weight excluding hydrogens is 210 g/mol. The summed E-state index contributed by atoms with van der Waals surface area (Å²) in [7, 11) is 0. The molecule has 17 heavy (non-hydrogen) atoms. The molecule has 0 aliphatic heterocycles. The van der Waals surface area contributed by atoms with Crippen LogP contribution < -0.4 is 5.32 Å². The summed E-state index contributed by atoms with van der Waals surface area (Å²) in [6, 6.07) is 9.16. The summed E-state index contributed by atoms with van der Waals surface area (Å²) in [6.07, 6.45) is 5.94. The van der Waals surface area contributed by atoms with E-state index in [0.29, 0.717) is 6.04 Å². The van der Waals surface area contributed by atoms with Crippen molar-refractivity contribution in [3.8, 4) is 11.1 Å². The third-order valence-electron chi connectivity index (χ3n) is 3.55. The first-order valence-corrected chi connectivity index (χ1v) is 6.28. The van der Waals surface area contributed by atoms with Crippen molar-refractivity contribution in [2.75, 3.05) is 6.54 Å². The Morgan fingerprint density at radius 3 is 3.06 bits per heavy atom. The van der Waals surface area contributed by atoms with Crippen LogP contribution in [0, 0.1) is 0 Å². The lowest BCUT2D eigenvalue weighted by Crippen LogP contribution is -2.18. The molecule has 3 rings (SSSR count). The van der Waals surface area contributed by atoms with Gasteiger partial charge in [0.05, 0.1) is 12.5 Å². The molecule has 0 fully saturated rings. The Balaban J connectivity index is 2.04. The first kappa shape index (κ1) is 10.6. The van der Waals surface area contributed by atoms with Crippen LogP contribution in [0.5, 0.6) is 0 Å². The minimum absolute atomic E-state index is 0.529. The Bertz CT molecular complexity index is 502. The van der Waals surface area contributed by atoms with Gasteiger partial charge in [-0.25, -0.2) is 0 Å². The highest BCUT2D eigenvalue weighted by atomic mass is 16.3. The fourth-order valence-electron chi connectivity index (χ4n) is 2.80. The predicted molar refractivity (Wildman–Crippen MR) is 68.9 cm³/mol. The lowest BCUT2D eigenvalue weighted by atomic mass is 9.98. The third kappa shape index (κ3) is 1.79. The maximum atomic E-state index is 5.19. The molecule has 0 radical (unpaired) electrons. The summed E-state index contributed by atoms with van der Waals surface area (Å²) in [5, 5.41) is 3.55. The fraction of sp³-hybridized carbons (Fsp3) is 0.333. The second kappa shape index (κ2) is 4.38. The molecule has 0 saturated heterocycles. The van der Waals surface area contributed by atoms with E-state index in [9.17, 15) is 0 Å². The number of benzene rings is 1. The van der Waals surface area contributed by atoms with Gasteiger partial charge in [0.25, 0.3) is 0 Å². The van der Waals surface area contributed by atoms with Crippen molar-refractivity contribution in [2.24, 2.45) is 0 Å². The Kier molecular flexibility index (Phi) is 2.73. The van der Waals surface area contributed by atoms with Crippen LogP contribution in [-0.4, -0.2) is 6.54 Å². The van der Waals surface area contributed by atoms with Crippen LogP contribution in [0.4, 0.5) is 0 Å². The topological polar surface area (TPSA) is 25.2 Å². The molecule has 1 aromatic heterocycles. The second-order valence-electron chi connectivity index (χ2n) is 4.53. The average Bonchev–Trinajstić information content (AvgIpc) is 2.98. The van der Waals surface area contributed by atoms with Gasteiger partial charge in [0.15, 0.2) is 0 Å². The third-order valence-corrected chi connectivity index (χ3v) is 3.55. The summed E-state index contributed by atoms with van der Waals surface area (Å²) in [4.78, 5) is 0. The second-order valence-corrected chi connectivity index (χ2v) is 4.53. The molecule has 2 nitrogen and oxygen atoms in total. The van der Waals surface area contributed by atoms with Crippen molar-refractivity contribution >= 4 is 0 Å². The zero-order valence-electron chi connectivity index (χ0n) is 10.1. The van der Waals surface area contributed by atoms with E-state index in [-0.39, 0.29) is 0 Å². The van der Waals surface area contributed by atoms with E-state index < -0.39 is 0 Å². The zero-order valence-corrected chi connectivity index (χ0v) is 10.1. The predicted octanol–water partition coefficient (Wildman–Crippen LogP) is 3.54. The average molecular weight is 227 g/mol. The van der Waals surface area contributed by atoms with Crippen LogP contribution in [-0.2, 0) is 6.42 Å². The van der Waals surface area contributed by atoms with Crippen LogP contribution in [0.1, 0.15) is 30.5 Å². The van der Waals surface area contributed by atoms with Crippen molar-refractivity contribution in [3.05, 3.63) is 47.9 Å². The van der Waals surface area contributed by atoms with Gasteiger partial charge in [0.2, 0.25) is 0 Å². The van der Waals surface area contributed by atoms with Gasteiger partial charge < -0.3 is 9.73 Å². The van der Waals surface area contributed by atoms with Crippen molar-refractivity contribution in [1.82, 2.24) is 5.32 Å². The Hall–Kier alpha value is -1.54. The molecule has 0 spiro atoms. The van der Waals surface area contributed by atoms with Crippen LogP contribution in [0.3, 0.4) is 0 Å². The van der Waals surface area contributed by atoms with Crippen molar-refractivity contribution in [2.45, 2.75) is 25.8 Å². The Morgan fingerprint density at radius 2 is 2.29 bits per heavy atom. The normalized spacial score (nSPS) is 18.3. The van der Waals surface area contributed by atoms with Gasteiger partial charge in [-0.3, -0.25) is 0 Å². The number of hydrogen-bond donors (Lipinski definition) is 1. The van der Waals surface area contributed by atoms with E-state index in [1.54, 1.807) is 6.26 Å². The van der Waals surface area contributed by atoms with Crippen LogP contribution in [0.25, 0.3) is 11.1 Å². The van der Waals surface area contributed by atoms with Gasteiger partial charge in [0.1, 0.15) is 0 Å². The number of furan rings is 1. The molecule has 2 heteroatoms. The lowest BCUT2D eigenvalue weighted by Gasteiger charge is -2.13. The summed E-state index contributed by atoms with van der Waals surface area (Å²) < 4.78 is 5.19. The first-order chi connectivity index (χ1) is 8.40. The highest BCUT2D eigenvalue weighted by Gasteiger charge is 2.24. The highest BCUT2D eigenvalue weighted by molar-refractivity contribution is 5.69. The molecule has 1 atom stereocenters. The highest BCUT2D eigenvalue weighted by Crippen LogP contribution is 2.37.